The molecule has 0 aromatic heterocycles. The van der Waals surface area contributed by atoms with E-state index in [9.17, 15) is 18.0 Å². The number of benzene rings is 2. The van der Waals surface area contributed by atoms with Crippen molar-refractivity contribution in [1.29, 1.82) is 0 Å². The van der Waals surface area contributed by atoms with E-state index in [1.165, 1.54) is 12.1 Å². The van der Waals surface area contributed by atoms with Crippen molar-refractivity contribution in [1.82, 2.24) is 0 Å². The van der Waals surface area contributed by atoms with Gasteiger partial charge in [-0.3, -0.25) is 4.79 Å². The lowest BCUT2D eigenvalue weighted by molar-refractivity contribution is 0.102. The molecule has 2 aromatic rings. The number of amides is 1. The molecule has 0 saturated heterocycles. The maximum Gasteiger partial charge on any atom is 0.257 e. The van der Waals surface area contributed by atoms with Crippen molar-refractivity contribution in [3.05, 3.63) is 61.8 Å². The van der Waals surface area contributed by atoms with Crippen LogP contribution in [0.2, 0.25) is 10.0 Å². The predicted octanol–water partition coefficient (Wildman–Crippen LogP) is 5.43. The Morgan fingerprint density at radius 2 is 1.57 bits per heavy atom. The van der Waals surface area contributed by atoms with Crippen molar-refractivity contribution < 1.29 is 18.0 Å². The van der Waals surface area contributed by atoms with Gasteiger partial charge in [0.05, 0.1) is 15.6 Å². The summed E-state index contributed by atoms with van der Waals surface area (Å²) in [6.45, 7) is 0. The molecule has 2 rings (SSSR count). The highest BCUT2D eigenvalue weighted by molar-refractivity contribution is 9.10. The second kappa shape index (κ2) is 6.25. The summed E-state index contributed by atoms with van der Waals surface area (Å²) in [5.74, 6) is -5.15. The van der Waals surface area contributed by atoms with Gasteiger partial charge in [-0.2, -0.15) is 0 Å². The summed E-state index contributed by atoms with van der Waals surface area (Å²) in [7, 11) is 0. The number of nitrogens with one attached hydrogen (secondary N) is 1. The summed E-state index contributed by atoms with van der Waals surface area (Å²) >= 11 is 14.8. The first kappa shape index (κ1) is 16.1. The van der Waals surface area contributed by atoms with Gasteiger partial charge in [0.1, 0.15) is 0 Å². The van der Waals surface area contributed by atoms with Crippen molar-refractivity contribution >= 4 is 50.7 Å². The third kappa shape index (κ3) is 3.51. The number of hydrogen-bond acceptors (Lipinski definition) is 1. The Labute approximate surface area is 136 Å². The first-order valence-electron chi connectivity index (χ1n) is 5.40. The Kier molecular flexibility index (Phi) is 4.81. The van der Waals surface area contributed by atoms with Crippen molar-refractivity contribution in [2.45, 2.75) is 0 Å². The van der Waals surface area contributed by atoms with E-state index in [1.807, 2.05) is 0 Å². The summed E-state index contributed by atoms with van der Waals surface area (Å²) < 4.78 is 39.4. The summed E-state index contributed by atoms with van der Waals surface area (Å²) in [6, 6.07) is 4.02. The molecule has 0 atom stereocenters. The lowest BCUT2D eigenvalue weighted by Crippen LogP contribution is -2.13. The zero-order valence-corrected chi connectivity index (χ0v) is 13.1. The molecular weight excluding hydrogens is 394 g/mol. The molecule has 21 heavy (non-hydrogen) atoms. The average molecular weight is 399 g/mol. The second-order valence-corrected chi connectivity index (χ2v) is 5.62. The molecule has 2 aromatic carbocycles. The number of anilines is 1. The van der Waals surface area contributed by atoms with E-state index in [2.05, 4.69) is 21.2 Å². The molecular formula is C13H5BrCl2F3NO. The van der Waals surface area contributed by atoms with Crippen molar-refractivity contribution in [2.75, 3.05) is 5.32 Å². The zero-order valence-electron chi connectivity index (χ0n) is 9.99. The highest BCUT2D eigenvalue weighted by Crippen LogP contribution is 2.30. The van der Waals surface area contributed by atoms with Crippen LogP contribution in [0.1, 0.15) is 10.4 Å². The molecule has 0 saturated carbocycles. The van der Waals surface area contributed by atoms with Gasteiger partial charge >= 0.3 is 0 Å². The maximum absolute atomic E-state index is 13.1. The lowest BCUT2D eigenvalue weighted by atomic mass is 10.2. The van der Waals surface area contributed by atoms with Crippen LogP contribution in [0.25, 0.3) is 0 Å². The van der Waals surface area contributed by atoms with Gasteiger partial charge in [-0.1, -0.05) is 23.2 Å². The van der Waals surface area contributed by atoms with Gasteiger partial charge in [-0.05, 0) is 28.1 Å². The molecule has 0 aliphatic rings. The number of hydrogen-bond donors (Lipinski definition) is 1. The van der Waals surface area contributed by atoms with E-state index < -0.39 is 23.4 Å². The van der Waals surface area contributed by atoms with Gasteiger partial charge < -0.3 is 5.32 Å². The van der Waals surface area contributed by atoms with E-state index in [0.29, 0.717) is 21.6 Å². The van der Waals surface area contributed by atoms with Crippen LogP contribution in [0, 0.1) is 17.5 Å². The normalized spacial score (nSPS) is 10.6. The topological polar surface area (TPSA) is 29.1 Å². The van der Waals surface area contributed by atoms with E-state index in [1.54, 1.807) is 0 Å². The first-order chi connectivity index (χ1) is 9.79. The van der Waals surface area contributed by atoms with E-state index in [0.717, 1.165) is 0 Å². The van der Waals surface area contributed by atoms with E-state index in [4.69, 9.17) is 23.2 Å². The van der Waals surface area contributed by atoms with Gasteiger partial charge in [0.25, 0.3) is 5.91 Å². The van der Waals surface area contributed by atoms with Crippen LogP contribution in [-0.2, 0) is 0 Å². The van der Waals surface area contributed by atoms with Crippen LogP contribution in [-0.4, -0.2) is 5.91 Å². The number of carbonyl (C=O) groups excluding carboxylic acids is 1. The fourth-order valence-corrected chi connectivity index (χ4v) is 2.34. The Morgan fingerprint density at radius 1 is 1.00 bits per heavy atom. The molecule has 1 amide bonds. The van der Waals surface area contributed by atoms with Gasteiger partial charge in [0.15, 0.2) is 17.5 Å². The molecule has 0 unspecified atom stereocenters. The van der Waals surface area contributed by atoms with Crippen LogP contribution in [0.3, 0.4) is 0 Å². The van der Waals surface area contributed by atoms with Gasteiger partial charge in [0.2, 0.25) is 0 Å². The largest absolute Gasteiger partial charge is 0.322 e. The monoisotopic (exact) mass is 397 g/mol. The standard InChI is InChI=1S/C13H5BrCl2F3NO/c14-7-3-6(8(15)4-9(7)16)13(21)20-5-1-10(17)12(19)11(18)2-5/h1-4H,(H,20,21). The second-order valence-electron chi connectivity index (χ2n) is 3.95. The molecule has 8 heteroatoms. The first-order valence-corrected chi connectivity index (χ1v) is 6.95. The Morgan fingerprint density at radius 3 is 2.14 bits per heavy atom. The van der Waals surface area contributed by atoms with E-state index in [-0.39, 0.29) is 16.3 Å². The predicted molar refractivity (Wildman–Crippen MR) is 78.4 cm³/mol. The zero-order chi connectivity index (χ0) is 15.7. The highest BCUT2D eigenvalue weighted by atomic mass is 79.9. The molecule has 0 aliphatic heterocycles. The molecule has 110 valence electrons. The SMILES string of the molecule is O=C(Nc1cc(F)c(F)c(F)c1)c1cc(Br)c(Cl)cc1Cl. The third-order valence-electron chi connectivity index (χ3n) is 2.50. The van der Waals surface area contributed by atoms with Crippen LogP contribution in [0.5, 0.6) is 0 Å². The quantitative estimate of drug-likeness (QED) is 0.530. The molecule has 0 bridgehead atoms. The summed E-state index contributed by atoms with van der Waals surface area (Å²) in [5, 5.41) is 2.58. The lowest BCUT2D eigenvalue weighted by Gasteiger charge is -2.09. The molecule has 0 radical (unpaired) electrons. The van der Waals surface area contributed by atoms with Crippen molar-refractivity contribution in [3.63, 3.8) is 0 Å². The smallest absolute Gasteiger partial charge is 0.257 e. The molecule has 2 nitrogen and oxygen atoms in total. The minimum Gasteiger partial charge on any atom is -0.322 e. The fraction of sp³-hybridized carbons (Fsp3) is 0. The van der Waals surface area contributed by atoms with Crippen LogP contribution >= 0.6 is 39.1 Å². The van der Waals surface area contributed by atoms with Crippen LogP contribution in [0.4, 0.5) is 18.9 Å². The number of carbonyl (C=O) groups is 1. The van der Waals surface area contributed by atoms with Gasteiger partial charge in [-0.25, -0.2) is 13.2 Å². The van der Waals surface area contributed by atoms with Crippen molar-refractivity contribution in [2.24, 2.45) is 0 Å². The fourth-order valence-electron chi connectivity index (χ4n) is 1.52. The summed E-state index contributed by atoms with van der Waals surface area (Å²) in [4.78, 5) is 12.0. The number of halogens is 6. The van der Waals surface area contributed by atoms with Gasteiger partial charge in [0, 0.05) is 22.3 Å². The molecule has 1 N–H and O–H groups in total. The molecule has 0 heterocycles. The third-order valence-corrected chi connectivity index (χ3v) is 4.01. The Balaban J connectivity index is 2.32. The Bertz CT molecular complexity index is 717. The summed E-state index contributed by atoms with van der Waals surface area (Å²) in [5.41, 5.74) is -0.198. The minimum absolute atomic E-state index is 0.0399. The molecule has 0 spiro atoms. The Hall–Kier alpha value is -1.24. The van der Waals surface area contributed by atoms with Gasteiger partial charge in [-0.15, -0.1) is 0 Å². The van der Waals surface area contributed by atoms with E-state index >= 15 is 0 Å². The molecule has 0 aliphatic carbocycles. The minimum atomic E-state index is -1.61. The maximum atomic E-state index is 13.1. The highest BCUT2D eigenvalue weighted by Gasteiger charge is 2.16. The van der Waals surface area contributed by atoms with Crippen molar-refractivity contribution in [3.8, 4) is 0 Å². The summed E-state index contributed by atoms with van der Waals surface area (Å²) in [6.07, 6.45) is 0. The van der Waals surface area contributed by atoms with Crippen LogP contribution in [0.15, 0.2) is 28.7 Å². The average Bonchev–Trinajstić information content (AvgIpc) is 2.40. The number of rotatable bonds is 2. The molecule has 0 fully saturated rings. The van der Waals surface area contributed by atoms with Crippen LogP contribution < -0.4 is 5.32 Å².